The summed E-state index contributed by atoms with van der Waals surface area (Å²) in [5.74, 6) is -0.216. The van der Waals surface area contributed by atoms with Crippen LogP contribution in [0.15, 0.2) is 61.3 Å². The van der Waals surface area contributed by atoms with E-state index in [1.807, 2.05) is 24.3 Å². The van der Waals surface area contributed by atoms with Gasteiger partial charge in [0.05, 0.1) is 11.3 Å². The van der Waals surface area contributed by atoms with Crippen molar-refractivity contribution in [3.8, 4) is 5.82 Å². The fraction of sp³-hybridized carbons (Fsp3) is 0.0556. The molecule has 2 N–H and O–H groups in total. The van der Waals surface area contributed by atoms with E-state index in [-0.39, 0.29) is 11.5 Å². The van der Waals surface area contributed by atoms with Gasteiger partial charge in [-0.25, -0.2) is 9.97 Å². The van der Waals surface area contributed by atoms with Crippen LogP contribution in [0.3, 0.4) is 0 Å². The van der Waals surface area contributed by atoms with Gasteiger partial charge in [0.2, 0.25) is 0 Å². The minimum absolute atomic E-state index is 0.113. The molecule has 9 heteroatoms. The summed E-state index contributed by atoms with van der Waals surface area (Å²) < 4.78 is 39.2. The van der Waals surface area contributed by atoms with Crippen molar-refractivity contribution in [2.45, 2.75) is 6.18 Å². The molecule has 0 spiro atoms. The molecule has 0 radical (unpaired) electrons. The lowest BCUT2D eigenvalue weighted by Crippen LogP contribution is -2.12. The number of H-pyrrole nitrogens is 1. The number of aromatic amines is 1. The van der Waals surface area contributed by atoms with Gasteiger partial charge in [-0.1, -0.05) is 18.2 Å². The zero-order chi connectivity index (χ0) is 19.0. The molecule has 0 unspecified atom stereocenters. The first-order valence-corrected chi connectivity index (χ1v) is 7.87. The summed E-state index contributed by atoms with van der Waals surface area (Å²) in [4.78, 5) is 23.2. The molecule has 0 aliphatic heterocycles. The Hall–Kier alpha value is -3.62. The highest BCUT2D eigenvalue weighted by molar-refractivity contribution is 6.07. The number of anilines is 1. The van der Waals surface area contributed by atoms with Crippen LogP contribution in [0.1, 0.15) is 16.1 Å². The molecule has 6 nitrogen and oxygen atoms in total. The van der Waals surface area contributed by atoms with Crippen LogP contribution in [0, 0.1) is 0 Å². The monoisotopic (exact) mass is 371 g/mol. The Kier molecular flexibility index (Phi) is 3.91. The number of rotatable bonds is 3. The topological polar surface area (TPSA) is 75.6 Å². The average Bonchev–Trinajstić information content (AvgIpc) is 3.29. The maximum absolute atomic E-state index is 12.6. The lowest BCUT2D eigenvalue weighted by Gasteiger charge is -2.06. The van der Waals surface area contributed by atoms with Crippen molar-refractivity contribution in [3.63, 3.8) is 0 Å². The molecule has 3 heterocycles. The number of carbonyl (C=O) groups excluding carboxylic acids is 1. The van der Waals surface area contributed by atoms with Gasteiger partial charge in [0, 0.05) is 29.5 Å². The Morgan fingerprint density at radius 2 is 1.93 bits per heavy atom. The molecular formula is C18H12F3N5O. The Labute approximate surface area is 150 Å². The lowest BCUT2D eigenvalue weighted by atomic mass is 10.2. The number of aromatic nitrogens is 4. The molecule has 0 saturated heterocycles. The first kappa shape index (κ1) is 16.8. The normalized spacial score (nSPS) is 11.7. The van der Waals surface area contributed by atoms with E-state index in [4.69, 9.17) is 0 Å². The standard InChI is InChI=1S/C18H12F3N5O/c19-18(20,21)11-5-6-16(23-7-11)26-9-15(24-10-26)17(27)25-14-8-22-13-4-2-1-3-12(13)14/h1-10,22H,(H,25,27). The van der Waals surface area contributed by atoms with Gasteiger partial charge in [-0.3, -0.25) is 9.36 Å². The third-order valence-electron chi connectivity index (χ3n) is 3.99. The van der Waals surface area contributed by atoms with Crippen LogP contribution in [-0.4, -0.2) is 25.4 Å². The minimum Gasteiger partial charge on any atom is -0.359 e. The smallest absolute Gasteiger partial charge is 0.359 e. The Bertz CT molecular complexity index is 1110. The number of benzene rings is 1. The van der Waals surface area contributed by atoms with Crippen LogP contribution in [0.5, 0.6) is 0 Å². The van der Waals surface area contributed by atoms with E-state index in [0.717, 1.165) is 23.2 Å². The number of hydrogen-bond donors (Lipinski definition) is 2. The van der Waals surface area contributed by atoms with Gasteiger partial charge >= 0.3 is 6.18 Å². The summed E-state index contributed by atoms with van der Waals surface area (Å²) >= 11 is 0. The molecule has 4 aromatic rings. The maximum Gasteiger partial charge on any atom is 0.417 e. The summed E-state index contributed by atoms with van der Waals surface area (Å²) in [7, 11) is 0. The van der Waals surface area contributed by atoms with Crippen LogP contribution in [-0.2, 0) is 6.18 Å². The minimum atomic E-state index is -4.45. The molecule has 0 aliphatic rings. The van der Waals surface area contributed by atoms with E-state index in [1.165, 1.54) is 23.2 Å². The maximum atomic E-state index is 12.6. The molecular weight excluding hydrogens is 359 g/mol. The number of halogens is 3. The van der Waals surface area contributed by atoms with Gasteiger partial charge in [0.15, 0.2) is 0 Å². The van der Waals surface area contributed by atoms with Crippen molar-refractivity contribution in [1.82, 2.24) is 19.5 Å². The first-order chi connectivity index (χ1) is 12.9. The summed E-state index contributed by atoms with van der Waals surface area (Å²) in [6.45, 7) is 0. The molecule has 4 rings (SSSR count). The Morgan fingerprint density at radius 1 is 1.11 bits per heavy atom. The summed E-state index contributed by atoms with van der Waals surface area (Å²) in [5.41, 5.74) is 0.760. The number of carbonyl (C=O) groups is 1. The molecule has 0 saturated carbocycles. The number of imidazole rings is 1. The second kappa shape index (κ2) is 6.27. The molecule has 136 valence electrons. The van der Waals surface area contributed by atoms with E-state index < -0.39 is 17.6 Å². The average molecular weight is 371 g/mol. The van der Waals surface area contributed by atoms with Crippen LogP contribution >= 0.6 is 0 Å². The molecule has 0 atom stereocenters. The highest BCUT2D eigenvalue weighted by Gasteiger charge is 2.30. The summed E-state index contributed by atoms with van der Waals surface area (Å²) in [6, 6.07) is 9.63. The van der Waals surface area contributed by atoms with Crippen molar-refractivity contribution >= 4 is 22.5 Å². The third kappa shape index (κ3) is 3.26. The zero-order valence-corrected chi connectivity index (χ0v) is 13.7. The fourth-order valence-electron chi connectivity index (χ4n) is 2.63. The van der Waals surface area contributed by atoms with Crippen molar-refractivity contribution < 1.29 is 18.0 Å². The van der Waals surface area contributed by atoms with Crippen molar-refractivity contribution in [2.75, 3.05) is 5.32 Å². The molecule has 0 aliphatic carbocycles. The van der Waals surface area contributed by atoms with Crippen LogP contribution in [0.25, 0.3) is 16.7 Å². The van der Waals surface area contributed by atoms with E-state index >= 15 is 0 Å². The van der Waals surface area contributed by atoms with Crippen molar-refractivity contribution in [2.24, 2.45) is 0 Å². The number of pyridine rings is 1. The van der Waals surface area contributed by atoms with E-state index in [1.54, 1.807) is 6.20 Å². The number of nitrogens with one attached hydrogen (secondary N) is 2. The van der Waals surface area contributed by atoms with Gasteiger partial charge in [0.25, 0.3) is 5.91 Å². The number of nitrogens with zero attached hydrogens (tertiary/aromatic N) is 3. The summed E-state index contributed by atoms with van der Waals surface area (Å²) in [6.07, 6.45) is 0.683. The number of hydrogen-bond acceptors (Lipinski definition) is 3. The van der Waals surface area contributed by atoms with Crippen LogP contribution < -0.4 is 5.32 Å². The third-order valence-corrected chi connectivity index (χ3v) is 3.99. The highest BCUT2D eigenvalue weighted by atomic mass is 19.4. The molecule has 0 bridgehead atoms. The largest absolute Gasteiger partial charge is 0.417 e. The van der Waals surface area contributed by atoms with Gasteiger partial charge in [-0.2, -0.15) is 13.2 Å². The predicted molar refractivity (Wildman–Crippen MR) is 92.6 cm³/mol. The van der Waals surface area contributed by atoms with Crippen LogP contribution in [0.2, 0.25) is 0 Å². The van der Waals surface area contributed by atoms with E-state index in [0.29, 0.717) is 5.69 Å². The van der Waals surface area contributed by atoms with Gasteiger partial charge in [0.1, 0.15) is 17.8 Å². The molecule has 27 heavy (non-hydrogen) atoms. The van der Waals surface area contributed by atoms with Gasteiger partial charge < -0.3 is 10.3 Å². The van der Waals surface area contributed by atoms with E-state index in [9.17, 15) is 18.0 Å². The predicted octanol–water partition coefficient (Wildman–Crippen LogP) is 4.02. The van der Waals surface area contributed by atoms with Crippen LogP contribution in [0.4, 0.5) is 18.9 Å². The molecule has 1 aromatic carbocycles. The Balaban J connectivity index is 1.54. The van der Waals surface area contributed by atoms with Crippen molar-refractivity contribution in [1.29, 1.82) is 0 Å². The number of alkyl halides is 3. The summed E-state index contributed by atoms with van der Waals surface area (Å²) in [5, 5.41) is 3.62. The van der Waals surface area contributed by atoms with E-state index in [2.05, 4.69) is 20.3 Å². The Morgan fingerprint density at radius 3 is 2.67 bits per heavy atom. The quantitative estimate of drug-likeness (QED) is 0.571. The molecule has 0 fully saturated rings. The highest BCUT2D eigenvalue weighted by Crippen LogP contribution is 2.28. The lowest BCUT2D eigenvalue weighted by molar-refractivity contribution is -0.137. The second-order valence-corrected chi connectivity index (χ2v) is 5.77. The number of amides is 1. The van der Waals surface area contributed by atoms with Gasteiger partial charge in [-0.15, -0.1) is 0 Å². The number of fused-ring (bicyclic) bond motifs is 1. The SMILES string of the molecule is O=C(Nc1c[nH]c2ccccc12)c1cn(-c2ccc(C(F)(F)F)cn2)cn1. The zero-order valence-electron chi connectivity index (χ0n) is 13.7. The van der Waals surface area contributed by atoms with Gasteiger partial charge in [-0.05, 0) is 18.2 Å². The first-order valence-electron chi connectivity index (χ1n) is 7.87. The molecule has 1 amide bonds. The second-order valence-electron chi connectivity index (χ2n) is 5.77. The van der Waals surface area contributed by atoms with Crippen molar-refractivity contribution in [3.05, 3.63) is 72.6 Å². The fourth-order valence-corrected chi connectivity index (χ4v) is 2.63. The number of para-hydroxylation sites is 1. The molecule has 3 aromatic heterocycles.